The normalized spacial score (nSPS) is 10.6. The van der Waals surface area contributed by atoms with E-state index in [0.717, 1.165) is 32.3 Å². The third-order valence-electron chi connectivity index (χ3n) is 2.66. The first-order valence-corrected chi connectivity index (χ1v) is 8.56. The molecule has 106 valence electrons. The molecule has 5 heteroatoms. The average molecular weight is 464 g/mol. The highest BCUT2D eigenvalue weighted by Gasteiger charge is 2.07. The van der Waals surface area contributed by atoms with Crippen LogP contribution in [0.4, 0.5) is 0 Å². The quantitative estimate of drug-likeness (QED) is 0.599. The van der Waals surface area contributed by atoms with Gasteiger partial charge in [0.1, 0.15) is 12.4 Å². The molecule has 0 heterocycles. The molecule has 2 nitrogen and oxygen atoms in total. The summed E-state index contributed by atoms with van der Waals surface area (Å²) in [7, 11) is 0. The Morgan fingerprint density at radius 2 is 1.60 bits per heavy atom. The zero-order valence-corrected chi connectivity index (χ0v) is 15.5. The van der Waals surface area contributed by atoms with E-state index in [-0.39, 0.29) is 0 Å². The first-order valence-electron chi connectivity index (χ1n) is 6.19. The molecule has 0 spiro atoms. The van der Waals surface area contributed by atoms with Gasteiger partial charge in [0.25, 0.3) is 0 Å². The molecule has 0 bridgehead atoms. The van der Waals surface area contributed by atoms with Crippen molar-refractivity contribution in [2.45, 2.75) is 6.54 Å². The summed E-state index contributed by atoms with van der Waals surface area (Å²) in [5.41, 5.74) is 1.28. The van der Waals surface area contributed by atoms with E-state index in [0.29, 0.717) is 6.61 Å². The van der Waals surface area contributed by atoms with E-state index in [1.165, 1.54) is 5.56 Å². The summed E-state index contributed by atoms with van der Waals surface area (Å²) >= 11 is 10.4. The van der Waals surface area contributed by atoms with Crippen molar-refractivity contribution < 1.29 is 4.74 Å². The van der Waals surface area contributed by atoms with Crippen molar-refractivity contribution >= 4 is 47.8 Å². The molecule has 0 saturated heterocycles. The van der Waals surface area contributed by atoms with E-state index in [4.69, 9.17) is 4.74 Å². The van der Waals surface area contributed by atoms with Gasteiger partial charge in [0.2, 0.25) is 0 Å². The largest absolute Gasteiger partial charge is 0.490 e. The standard InChI is InChI=1S/C15H14Br3NO/c16-12-8-13(17)15(14(18)9-12)20-7-6-19-10-11-4-2-1-3-5-11/h1-5,8-9,19H,6-7,10H2. The van der Waals surface area contributed by atoms with E-state index >= 15 is 0 Å². The van der Waals surface area contributed by atoms with Gasteiger partial charge in [-0.25, -0.2) is 0 Å². The Labute approximate surface area is 144 Å². The van der Waals surface area contributed by atoms with Crippen LogP contribution in [0.25, 0.3) is 0 Å². The lowest BCUT2D eigenvalue weighted by Gasteiger charge is -2.11. The summed E-state index contributed by atoms with van der Waals surface area (Å²) < 4.78 is 8.65. The molecule has 2 rings (SSSR count). The van der Waals surface area contributed by atoms with Crippen molar-refractivity contribution in [2.24, 2.45) is 0 Å². The monoisotopic (exact) mass is 461 g/mol. The highest BCUT2D eigenvalue weighted by Crippen LogP contribution is 2.36. The number of benzene rings is 2. The molecule has 0 aliphatic rings. The van der Waals surface area contributed by atoms with Gasteiger partial charge < -0.3 is 10.1 Å². The van der Waals surface area contributed by atoms with Gasteiger partial charge in [0.05, 0.1) is 8.95 Å². The fourth-order valence-corrected chi connectivity index (χ4v) is 4.21. The second-order valence-electron chi connectivity index (χ2n) is 4.21. The van der Waals surface area contributed by atoms with Crippen molar-refractivity contribution in [2.75, 3.05) is 13.2 Å². The molecular formula is C15H14Br3NO. The Kier molecular flexibility index (Phi) is 6.55. The third kappa shape index (κ3) is 4.88. The van der Waals surface area contributed by atoms with Gasteiger partial charge >= 0.3 is 0 Å². The number of halogens is 3. The van der Waals surface area contributed by atoms with E-state index in [9.17, 15) is 0 Å². The molecule has 2 aromatic carbocycles. The van der Waals surface area contributed by atoms with Crippen molar-refractivity contribution in [1.82, 2.24) is 5.32 Å². The molecular weight excluding hydrogens is 450 g/mol. The number of rotatable bonds is 6. The summed E-state index contributed by atoms with van der Waals surface area (Å²) in [6.45, 7) is 2.27. The Morgan fingerprint density at radius 3 is 2.25 bits per heavy atom. The zero-order valence-electron chi connectivity index (χ0n) is 10.7. The molecule has 0 fully saturated rings. The molecule has 0 radical (unpaired) electrons. The summed E-state index contributed by atoms with van der Waals surface area (Å²) in [6.07, 6.45) is 0. The van der Waals surface area contributed by atoms with E-state index in [1.54, 1.807) is 0 Å². The molecule has 0 aliphatic carbocycles. The van der Waals surface area contributed by atoms with Crippen molar-refractivity contribution in [3.8, 4) is 5.75 Å². The van der Waals surface area contributed by atoms with Crippen LogP contribution in [0.2, 0.25) is 0 Å². The predicted octanol–water partition coefficient (Wildman–Crippen LogP) is 5.14. The van der Waals surface area contributed by atoms with Gasteiger partial charge in [-0.1, -0.05) is 46.3 Å². The smallest absolute Gasteiger partial charge is 0.147 e. The van der Waals surface area contributed by atoms with Crippen LogP contribution in [0.15, 0.2) is 55.9 Å². The minimum absolute atomic E-state index is 0.617. The Balaban J connectivity index is 1.76. The van der Waals surface area contributed by atoms with Crippen molar-refractivity contribution in [1.29, 1.82) is 0 Å². The molecule has 0 saturated carbocycles. The van der Waals surface area contributed by atoms with E-state index in [1.807, 2.05) is 30.3 Å². The second kappa shape index (κ2) is 8.17. The minimum Gasteiger partial charge on any atom is -0.490 e. The Morgan fingerprint density at radius 1 is 0.950 bits per heavy atom. The molecule has 0 atom stereocenters. The lowest BCUT2D eigenvalue weighted by Crippen LogP contribution is -2.20. The summed E-state index contributed by atoms with van der Waals surface area (Å²) in [5, 5.41) is 3.36. The molecule has 1 N–H and O–H groups in total. The lowest BCUT2D eigenvalue weighted by atomic mass is 10.2. The summed E-state index contributed by atoms with van der Waals surface area (Å²) in [6, 6.07) is 14.3. The molecule has 20 heavy (non-hydrogen) atoms. The van der Waals surface area contributed by atoms with Gasteiger partial charge in [0, 0.05) is 17.6 Å². The van der Waals surface area contributed by atoms with Crippen LogP contribution in [-0.2, 0) is 6.54 Å². The van der Waals surface area contributed by atoms with Gasteiger partial charge in [0.15, 0.2) is 0 Å². The fourth-order valence-electron chi connectivity index (χ4n) is 1.72. The maximum absolute atomic E-state index is 5.78. The molecule has 2 aromatic rings. The van der Waals surface area contributed by atoms with Crippen LogP contribution in [0.1, 0.15) is 5.56 Å². The molecule has 0 amide bonds. The second-order valence-corrected chi connectivity index (χ2v) is 6.83. The Bertz CT molecular complexity index is 537. The maximum atomic E-state index is 5.78. The highest BCUT2D eigenvalue weighted by atomic mass is 79.9. The third-order valence-corrected chi connectivity index (χ3v) is 4.30. The first kappa shape index (κ1) is 16.0. The first-order chi connectivity index (χ1) is 9.66. The summed E-state index contributed by atoms with van der Waals surface area (Å²) in [4.78, 5) is 0. The van der Waals surface area contributed by atoms with E-state index in [2.05, 4.69) is 65.2 Å². The molecule has 0 aliphatic heterocycles. The maximum Gasteiger partial charge on any atom is 0.147 e. The number of ether oxygens (including phenoxy) is 1. The topological polar surface area (TPSA) is 21.3 Å². The van der Waals surface area contributed by atoms with Crippen LogP contribution >= 0.6 is 47.8 Å². The predicted molar refractivity (Wildman–Crippen MR) is 93.2 cm³/mol. The van der Waals surface area contributed by atoms with Crippen LogP contribution < -0.4 is 10.1 Å². The minimum atomic E-state index is 0.617. The molecule has 0 unspecified atom stereocenters. The van der Waals surface area contributed by atoms with Gasteiger partial charge in [-0.05, 0) is 49.6 Å². The van der Waals surface area contributed by atoms with Crippen molar-refractivity contribution in [3.05, 3.63) is 61.4 Å². The van der Waals surface area contributed by atoms with Crippen molar-refractivity contribution in [3.63, 3.8) is 0 Å². The summed E-state index contributed by atoms with van der Waals surface area (Å²) in [5.74, 6) is 0.828. The van der Waals surface area contributed by atoms with Gasteiger partial charge in [-0.15, -0.1) is 0 Å². The number of hydrogen-bond acceptors (Lipinski definition) is 2. The van der Waals surface area contributed by atoms with Gasteiger partial charge in [-0.2, -0.15) is 0 Å². The lowest BCUT2D eigenvalue weighted by molar-refractivity contribution is 0.310. The van der Waals surface area contributed by atoms with Crippen LogP contribution in [0, 0.1) is 0 Å². The van der Waals surface area contributed by atoms with Crippen LogP contribution in [0.3, 0.4) is 0 Å². The zero-order chi connectivity index (χ0) is 14.4. The highest BCUT2D eigenvalue weighted by molar-refractivity contribution is 9.11. The number of nitrogens with one attached hydrogen (secondary N) is 1. The number of hydrogen-bond donors (Lipinski definition) is 1. The molecule has 0 aromatic heterocycles. The van der Waals surface area contributed by atoms with Crippen LogP contribution in [0.5, 0.6) is 5.75 Å². The Hall–Kier alpha value is -0.360. The fraction of sp³-hybridized carbons (Fsp3) is 0.200. The average Bonchev–Trinajstić information content (AvgIpc) is 2.42. The van der Waals surface area contributed by atoms with Gasteiger partial charge in [-0.3, -0.25) is 0 Å². The SMILES string of the molecule is Brc1cc(Br)c(OCCNCc2ccccc2)c(Br)c1. The van der Waals surface area contributed by atoms with Crippen LogP contribution in [-0.4, -0.2) is 13.2 Å². The van der Waals surface area contributed by atoms with E-state index < -0.39 is 0 Å².